The van der Waals surface area contributed by atoms with Gasteiger partial charge in [-0.2, -0.15) is 0 Å². The van der Waals surface area contributed by atoms with Crippen molar-refractivity contribution in [2.24, 2.45) is 5.73 Å². The van der Waals surface area contributed by atoms with Gasteiger partial charge >= 0.3 is 0 Å². The Balaban J connectivity index is 0.00000180. The maximum atomic E-state index is 12.5. The number of ether oxygens (including phenoxy) is 1. The molecule has 19 heavy (non-hydrogen) atoms. The highest BCUT2D eigenvalue weighted by Gasteiger charge is 2.23. The quantitative estimate of drug-likeness (QED) is 0.921. The van der Waals surface area contributed by atoms with Gasteiger partial charge in [0.1, 0.15) is 0 Å². The number of hydrogen-bond acceptors (Lipinski definition) is 3. The molecule has 0 aliphatic carbocycles. The summed E-state index contributed by atoms with van der Waals surface area (Å²) in [5.74, 6) is 0.0674. The summed E-state index contributed by atoms with van der Waals surface area (Å²) in [5, 5.41) is 0. The predicted octanol–water partition coefficient (Wildman–Crippen LogP) is 1.82. The minimum atomic E-state index is 0. The first-order valence-electron chi connectivity index (χ1n) is 6.34. The molecule has 0 spiro atoms. The van der Waals surface area contributed by atoms with E-state index in [2.05, 4.69) is 0 Å². The van der Waals surface area contributed by atoms with Crippen LogP contribution in [0.3, 0.4) is 0 Å². The summed E-state index contributed by atoms with van der Waals surface area (Å²) < 4.78 is 5.13. The third kappa shape index (κ3) is 3.93. The lowest BCUT2D eigenvalue weighted by molar-refractivity contribution is 0.0704. The Hall–Kier alpha value is -1.10. The Kier molecular flexibility index (Phi) is 6.28. The minimum Gasteiger partial charge on any atom is -0.380 e. The van der Waals surface area contributed by atoms with E-state index in [0.717, 1.165) is 30.5 Å². The van der Waals surface area contributed by atoms with Crippen LogP contribution >= 0.6 is 12.4 Å². The Bertz CT molecular complexity index is 426. The highest BCUT2D eigenvalue weighted by atomic mass is 35.5. The molecule has 1 heterocycles. The van der Waals surface area contributed by atoms with Gasteiger partial charge < -0.3 is 15.4 Å². The molecule has 1 atom stereocenters. The largest absolute Gasteiger partial charge is 0.380 e. The lowest BCUT2D eigenvalue weighted by atomic mass is 10.0. The highest BCUT2D eigenvalue weighted by molar-refractivity contribution is 5.95. The normalized spacial score (nSPS) is 18.8. The van der Waals surface area contributed by atoms with Crippen LogP contribution in [0.5, 0.6) is 0 Å². The molecule has 1 saturated heterocycles. The molecule has 1 aliphatic heterocycles. The molecule has 4 nitrogen and oxygen atoms in total. The van der Waals surface area contributed by atoms with Crippen molar-refractivity contribution >= 4 is 18.3 Å². The van der Waals surface area contributed by atoms with Gasteiger partial charge in [-0.1, -0.05) is 18.2 Å². The van der Waals surface area contributed by atoms with Gasteiger partial charge in [0.15, 0.2) is 0 Å². The fourth-order valence-electron chi connectivity index (χ4n) is 2.38. The summed E-state index contributed by atoms with van der Waals surface area (Å²) in [6, 6.07) is 7.71. The van der Waals surface area contributed by atoms with Crippen LogP contribution in [0, 0.1) is 0 Å². The summed E-state index contributed by atoms with van der Waals surface area (Å²) >= 11 is 0. The molecule has 0 aromatic heterocycles. The van der Waals surface area contributed by atoms with E-state index in [1.54, 1.807) is 7.11 Å². The lowest BCUT2D eigenvalue weighted by Gasteiger charge is -2.31. The van der Waals surface area contributed by atoms with Crippen LogP contribution in [0.25, 0.3) is 0 Å². The summed E-state index contributed by atoms with van der Waals surface area (Å²) in [6.07, 6.45) is 1.99. The average molecular weight is 285 g/mol. The van der Waals surface area contributed by atoms with Crippen molar-refractivity contribution in [3.8, 4) is 0 Å². The Labute approximate surface area is 120 Å². The fraction of sp³-hybridized carbons (Fsp3) is 0.500. The molecular weight excluding hydrogens is 264 g/mol. The van der Waals surface area contributed by atoms with Crippen molar-refractivity contribution in [1.29, 1.82) is 0 Å². The second-order valence-electron chi connectivity index (χ2n) is 4.74. The molecule has 0 saturated carbocycles. The number of likely N-dealkylation sites (tertiary alicyclic amines) is 1. The van der Waals surface area contributed by atoms with Crippen LogP contribution < -0.4 is 5.73 Å². The maximum absolute atomic E-state index is 12.5. The topological polar surface area (TPSA) is 55.6 Å². The third-order valence-corrected chi connectivity index (χ3v) is 3.29. The van der Waals surface area contributed by atoms with E-state index in [-0.39, 0.29) is 24.4 Å². The number of hydrogen-bond donors (Lipinski definition) is 1. The van der Waals surface area contributed by atoms with E-state index in [9.17, 15) is 4.79 Å². The standard InChI is InChI=1S/C14H20N2O2.ClH/c1-18-10-11-5-2-3-7-13(11)14(17)16-8-4-6-12(15)9-16;/h2-3,5,7,12H,4,6,8-10,15H2,1H3;1H. The molecule has 1 unspecified atom stereocenters. The summed E-state index contributed by atoms with van der Waals surface area (Å²) in [4.78, 5) is 14.3. The molecule has 106 valence electrons. The van der Waals surface area contributed by atoms with Gasteiger partial charge in [-0.15, -0.1) is 12.4 Å². The van der Waals surface area contributed by atoms with E-state index in [0.29, 0.717) is 13.2 Å². The zero-order chi connectivity index (χ0) is 13.0. The molecule has 0 bridgehead atoms. The molecule has 0 radical (unpaired) electrons. The number of rotatable bonds is 3. The van der Waals surface area contributed by atoms with Crippen LogP contribution in [0.1, 0.15) is 28.8 Å². The molecule has 1 aromatic carbocycles. The van der Waals surface area contributed by atoms with Crippen molar-refractivity contribution in [2.75, 3.05) is 20.2 Å². The number of carbonyl (C=O) groups is 1. The zero-order valence-electron chi connectivity index (χ0n) is 11.2. The Morgan fingerprint density at radius 2 is 2.21 bits per heavy atom. The van der Waals surface area contributed by atoms with Gasteiger partial charge in [-0.25, -0.2) is 0 Å². The van der Waals surface area contributed by atoms with Gasteiger partial charge in [0.05, 0.1) is 6.61 Å². The van der Waals surface area contributed by atoms with Gasteiger partial charge in [0.25, 0.3) is 5.91 Å². The smallest absolute Gasteiger partial charge is 0.254 e. The number of carbonyl (C=O) groups excluding carboxylic acids is 1. The van der Waals surface area contributed by atoms with E-state index < -0.39 is 0 Å². The van der Waals surface area contributed by atoms with Gasteiger partial charge in [0, 0.05) is 31.8 Å². The molecule has 1 amide bonds. The van der Waals surface area contributed by atoms with E-state index >= 15 is 0 Å². The van der Waals surface area contributed by atoms with Crippen molar-refractivity contribution in [3.63, 3.8) is 0 Å². The maximum Gasteiger partial charge on any atom is 0.254 e. The first-order chi connectivity index (χ1) is 8.72. The van der Waals surface area contributed by atoms with Crippen LogP contribution in [-0.2, 0) is 11.3 Å². The Morgan fingerprint density at radius 1 is 1.47 bits per heavy atom. The zero-order valence-corrected chi connectivity index (χ0v) is 12.0. The number of nitrogens with two attached hydrogens (primary N) is 1. The van der Waals surface area contributed by atoms with Crippen LogP contribution in [0.15, 0.2) is 24.3 Å². The van der Waals surface area contributed by atoms with Gasteiger partial charge in [-0.3, -0.25) is 4.79 Å². The van der Waals surface area contributed by atoms with Crippen molar-refractivity contribution in [3.05, 3.63) is 35.4 Å². The third-order valence-electron chi connectivity index (χ3n) is 3.29. The second kappa shape index (κ2) is 7.48. The van der Waals surface area contributed by atoms with Gasteiger partial charge in [0.2, 0.25) is 0 Å². The monoisotopic (exact) mass is 284 g/mol. The number of nitrogens with zero attached hydrogens (tertiary/aromatic N) is 1. The van der Waals surface area contributed by atoms with E-state index in [1.807, 2.05) is 29.2 Å². The summed E-state index contributed by atoms with van der Waals surface area (Å²) in [7, 11) is 1.64. The molecule has 2 rings (SSSR count). The highest BCUT2D eigenvalue weighted by Crippen LogP contribution is 2.16. The molecule has 5 heteroatoms. The minimum absolute atomic E-state index is 0. The van der Waals surface area contributed by atoms with Crippen molar-refractivity contribution in [1.82, 2.24) is 4.90 Å². The second-order valence-corrected chi connectivity index (χ2v) is 4.74. The van der Waals surface area contributed by atoms with E-state index in [4.69, 9.17) is 10.5 Å². The molecule has 1 fully saturated rings. The van der Waals surface area contributed by atoms with Gasteiger partial charge in [-0.05, 0) is 24.5 Å². The van der Waals surface area contributed by atoms with Crippen LogP contribution in [-0.4, -0.2) is 37.0 Å². The Morgan fingerprint density at radius 3 is 2.89 bits per heavy atom. The first-order valence-corrected chi connectivity index (χ1v) is 6.34. The molecule has 1 aromatic rings. The number of amides is 1. The SMILES string of the molecule is COCc1ccccc1C(=O)N1CCCC(N)C1.Cl. The van der Waals surface area contributed by atoms with Crippen LogP contribution in [0.4, 0.5) is 0 Å². The van der Waals surface area contributed by atoms with Crippen molar-refractivity contribution < 1.29 is 9.53 Å². The first kappa shape index (κ1) is 16.0. The number of halogens is 1. The summed E-state index contributed by atoms with van der Waals surface area (Å²) in [5.41, 5.74) is 7.58. The molecule has 1 aliphatic rings. The summed E-state index contributed by atoms with van der Waals surface area (Å²) in [6.45, 7) is 1.91. The average Bonchev–Trinajstić information content (AvgIpc) is 2.39. The molecule has 2 N–H and O–H groups in total. The lowest BCUT2D eigenvalue weighted by Crippen LogP contribution is -2.45. The number of piperidine rings is 1. The fourth-order valence-corrected chi connectivity index (χ4v) is 2.38. The molecular formula is C14H21ClN2O2. The van der Waals surface area contributed by atoms with E-state index in [1.165, 1.54) is 0 Å². The van der Waals surface area contributed by atoms with Crippen molar-refractivity contribution in [2.45, 2.75) is 25.5 Å². The van der Waals surface area contributed by atoms with Crippen LogP contribution in [0.2, 0.25) is 0 Å². The number of methoxy groups -OCH3 is 1. The predicted molar refractivity (Wildman–Crippen MR) is 77.5 cm³/mol. The number of benzene rings is 1.